The first-order valence-corrected chi connectivity index (χ1v) is 11.4. The molecule has 0 N–H and O–H groups in total. The van der Waals surface area contributed by atoms with Crippen molar-refractivity contribution in [1.29, 1.82) is 0 Å². The summed E-state index contributed by atoms with van der Waals surface area (Å²) in [5.41, 5.74) is 1.07. The monoisotopic (exact) mass is 469 g/mol. The number of carbonyl (C=O) groups is 1. The normalized spacial score (nSPS) is 18.3. The number of nitro groups is 1. The molecule has 34 heavy (non-hydrogen) atoms. The van der Waals surface area contributed by atoms with E-state index in [4.69, 9.17) is 9.47 Å². The van der Waals surface area contributed by atoms with Gasteiger partial charge < -0.3 is 24.2 Å². The highest BCUT2D eigenvalue weighted by molar-refractivity contribution is 5.74. The zero-order chi connectivity index (χ0) is 23.7. The van der Waals surface area contributed by atoms with Crippen LogP contribution in [0.5, 0.6) is 11.5 Å². The van der Waals surface area contributed by atoms with Gasteiger partial charge in [0.2, 0.25) is 24.3 Å². The molecule has 1 aromatic heterocycles. The molecular weight excluding hydrogens is 442 g/mol. The van der Waals surface area contributed by atoms with Crippen LogP contribution in [0, 0.1) is 10.1 Å². The maximum atomic E-state index is 12.1. The number of hydrogen-bond donors (Lipinski definition) is 0. The van der Waals surface area contributed by atoms with Crippen LogP contribution in [0.3, 0.4) is 0 Å². The number of benzene rings is 1. The number of fused-ring (bicyclic) bond motifs is 1. The molecule has 0 unspecified atom stereocenters. The van der Waals surface area contributed by atoms with E-state index in [1.165, 1.54) is 13.3 Å². The molecule has 1 amide bonds. The largest absolute Gasteiger partial charge is 0.454 e. The number of piperazine rings is 2. The third-order valence-electron chi connectivity index (χ3n) is 6.51. The molecule has 2 saturated heterocycles. The number of hydrogen-bond acceptors (Lipinski definition) is 10. The highest BCUT2D eigenvalue weighted by atomic mass is 16.7. The van der Waals surface area contributed by atoms with Crippen LogP contribution in [-0.2, 0) is 11.3 Å². The zero-order valence-corrected chi connectivity index (χ0v) is 19.1. The van der Waals surface area contributed by atoms with E-state index in [2.05, 4.69) is 14.9 Å². The van der Waals surface area contributed by atoms with Crippen molar-refractivity contribution in [2.24, 2.45) is 0 Å². The van der Waals surface area contributed by atoms with Crippen LogP contribution in [0.25, 0.3) is 0 Å². The van der Waals surface area contributed by atoms with E-state index in [0.29, 0.717) is 50.9 Å². The quantitative estimate of drug-likeness (QED) is 0.465. The van der Waals surface area contributed by atoms with Gasteiger partial charge in [0.25, 0.3) is 0 Å². The van der Waals surface area contributed by atoms with Gasteiger partial charge in [0.1, 0.15) is 6.33 Å². The van der Waals surface area contributed by atoms with Crippen LogP contribution in [0.4, 0.5) is 17.3 Å². The second kappa shape index (κ2) is 9.29. The summed E-state index contributed by atoms with van der Waals surface area (Å²) in [6.45, 7) is 7.35. The Labute approximate surface area is 196 Å². The number of rotatable bonds is 5. The van der Waals surface area contributed by atoms with E-state index < -0.39 is 0 Å². The van der Waals surface area contributed by atoms with E-state index in [-0.39, 0.29) is 23.3 Å². The number of ether oxygens (including phenoxy) is 2. The van der Waals surface area contributed by atoms with Gasteiger partial charge in [-0.25, -0.2) is 9.97 Å². The predicted octanol–water partition coefficient (Wildman–Crippen LogP) is 1.10. The van der Waals surface area contributed by atoms with Gasteiger partial charge in [-0.15, -0.1) is 0 Å². The lowest BCUT2D eigenvalue weighted by Crippen LogP contribution is -2.49. The van der Waals surface area contributed by atoms with Crippen LogP contribution < -0.4 is 19.3 Å². The van der Waals surface area contributed by atoms with Gasteiger partial charge in [-0.3, -0.25) is 19.8 Å². The second-order valence-electron chi connectivity index (χ2n) is 8.57. The van der Waals surface area contributed by atoms with Crippen molar-refractivity contribution in [1.82, 2.24) is 19.8 Å². The predicted molar refractivity (Wildman–Crippen MR) is 123 cm³/mol. The average Bonchev–Trinajstić information content (AvgIpc) is 3.32. The summed E-state index contributed by atoms with van der Waals surface area (Å²) in [6.07, 6.45) is 1.40. The van der Waals surface area contributed by atoms with Crippen molar-refractivity contribution in [2.45, 2.75) is 13.5 Å². The number of amides is 1. The van der Waals surface area contributed by atoms with E-state index in [1.54, 1.807) is 4.90 Å². The van der Waals surface area contributed by atoms with Crippen molar-refractivity contribution in [3.63, 3.8) is 0 Å². The van der Waals surface area contributed by atoms with Gasteiger partial charge in [0.15, 0.2) is 11.5 Å². The lowest BCUT2D eigenvalue weighted by atomic mass is 10.1. The molecule has 0 atom stereocenters. The van der Waals surface area contributed by atoms with Gasteiger partial charge in [-0.05, 0) is 17.7 Å². The average molecular weight is 470 g/mol. The summed E-state index contributed by atoms with van der Waals surface area (Å²) in [5.74, 6) is 2.22. The van der Waals surface area contributed by atoms with Crippen LogP contribution in [0.2, 0.25) is 0 Å². The van der Waals surface area contributed by atoms with E-state index in [0.717, 1.165) is 36.7 Å². The number of nitrogens with zero attached hydrogens (tertiary/aromatic N) is 7. The molecular formula is C22H27N7O5. The Kier molecular flexibility index (Phi) is 6.05. The lowest BCUT2D eigenvalue weighted by Gasteiger charge is -2.36. The molecule has 3 aliphatic rings. The first kappa shape index (κ1) is 22.1. The smallest absolute Gasteiger partial charge is 0.353 e. The van der Waals surface area contributed by atoms with Gasteiger partial charge in [0, 0.05) is 65.8 Å². The fraction of sp³-hybridized carbons (Fsp3) is 0.500. The topological polar surface area (TPSA) is 117 Å². The fourth-order valence-corrected chi connectivity index (χ4v) is 4.64. The van der Waals surface area contributed by atoms with E-state index >= 15 is 0 Å². The summed E-state index contributed by atoms with van der Waals surface area (Å²) >= 11 is 0. The van der Waals surface area contributed by atoms with Crippen LogP contribution in [0.15, 0.2) is 24.5 Å². The first-order chi connectivity index (χ1) is 16.5. The molecule has 0 aliphatic carbocycles. The van der Waals surface area contributed by atoms with Crippen molar-refractivity contribution in [3.8, 4) is 11.5 Å². The third kappa shape index (κ3) is 4.40. The molecule has 3 aliphatic heterocycles. The highest BCUT2D eigenvalue weighted by Gasteiger charge is 2.33. The Bertz CT molecular complexity index is 1080. The Balaban J connectivity index is 1.27. The summed E-state index contributed by atoms with van der Waals surface area (Å²) in [4.78, 5) is 39.8. The maximum Gasteiger partial charge on any atom is 0.353 e. The summed E-state index contributed by atoms with van der Waals surface area (Å²) in [7, 11) is 0. The van der Waals surface area contributed by atoms with Crippen molar-refractivity contribution in [3.05, 3.63) is 40.2 Å². The Morgan fingerprint density at radius 1 is 0.971 bits per heavy atom. The minimum atomic E-state index is -0.388. The van der Waals surface area contributed by atoms with Gasteiger partial charge in [0.05, 0.1) is 4.92 Å². The molecule has 2 aromatic rings. The van der Waals surface area contributed by atoms with Crippen LogP contribution in [-0.4, -0.2) is 89.7 Å². The van der Waals surface area contributed by atoms with E-state index in [1.807, 2.05) is 28.0 Å². The molecule has 0 radical (unpaired) electrons. The molecule has 1 aromatic carbocycles. The maximum absolute atomic E-state index is 12.1. The molecule has 180 valence electrons. The standard InChI is InChI=1S/C22H27N7O5/c1-16(30)26-8-10-28(11-9-26)22-20(29(31)32)21(23-14-24-22)27-6-4-25(5-7-27)13-17-2-3-18-19(12-17)34-15-33-18/h2-3,12,14H,4-11,13,15H2,1H3. The van der Waals surface area contributed by atoms with Crippen molar-refractivity contribution in [2.75, 3.05) is 69.0 Å². The Hall–Kier alpha value is -3.67. The fourth-order valence-electron chi connectivity index (χ4n) is 4.64. The summed E-state index contributed by atoms with van der Waals surface area (Å²) in [5, 5.41) is 12.1. The SMILES string of the molecule is CC(=O)N1CCN(c2ncnc(N3CCN(Cc4ccc5c(c4)OCO5)CC3)c2[N+](=O)[O-])CC1. The van der Waals surface area contributed by atoms with Crippen LogP contribution in [0.1, 0.15) is 12.5 Å². The highest BCUT2D eigenvalue weighted by Crippen LogP contribution is 2.36. The minimum Gasteiger partial charge on any atom is -0.454 e. The zero-order valence-electron chi connectivity index (χ0n) is 19.1. The third-order valence-corrected chi connectivity index (χ3v) is 6.51. The molecule has 0 bridgehead atoms. The van der Waals surface area contributed by atoms with Crippen molar-refractivity contribution >= 4 is 23.2 Å². The van der Waals surface area contributed by atoms with E-state index in [9.17, 15) is 14.9 Å². The van der Waals surface area contributed by atoms with Gasteiger partial charge >= 0.3 is 5.69 Å². The summed E-state index contributed by atoms with van der Waals surface area (Å²) in [6, 6.07) is 5.96. The second-order valence-corrected chi connectivity index (χ2v) is 8.57. The summed E-state index contributed by atoms with van der Waals surface area (Å²) < 4.78 is 10.8. The Morgan fingerprint density at radius 3 is 2.21 bits per heavy atom. The molecule has 0 saturated carbocycles. The molecule has 2 fully saturated rings. The number of aromatic nitrogens is 2. The molecule has 12 heteroatoms. The van der Waals surface area contributed by atoms with Gasteiger partial charge in [-0.2, -0.15) is 0 Å². The molecule has 0 spiro atoms. The Morgan fingerprint density at radius 2 is 1.59 bits per heavy atom. The molecule has 12 nitrogen and oxygen atoms in total. The van der Waals surface area contributed by atoms with Crippen molar-refractivity contribution < 1.29 is 19.2 Å². The molecule has 5 rings (SSSR count). The first-order valence-electron chi connectivity index (χ1n) is 11.4. The number of carbonyl (C=O) groups excluding carboxylic acids is 1. The number of anilines is 2. The van der Waals surface area contributed by atoms with Gasteiger partial charge in [-0.1, -0.05) is 6.07 Å². The lowest BCUT2D eigenvalue weighted by molar-refractivity contribution is -0.383. The molecule has 4 heterocycles. The minimum absolute atomic E-state index is 0.0103. The van der Waals surface area contributed by atoms with Crippen LogP contribution >= 0.6 is 0 Å².